The molecule has 10 atom stereocenters. The second-order valence-electron chi connectivity index (χ2n) is 14.6. The van der Waals surface area contributed by atoms with Crippen molar-refractivity contribution in [1.29, 1.82) is 0 Å². The second kappa shape index (κ2) is 11.5. The Hall–Kier alpha value is -0.530. The van der Waals surface area contributed by atoms with E-state index in [1.165, 1.54) is 77.0 Å². The van der Waals surface area contributed by atoms with E-state index in [0.717, 1.165) is 67.2 Å². The first kappa shape index (κ1) is 27.5. The zero-order chi connectivity index (χ0) is 25.2. The Morgan fingerprint density at radius 1 is 0.914 bits per heavy atom. The molecule has 4 fully saturated rings. The van der Waals surface area contributed by atoms with Gasteiger partial charge >= 0.3 is 0 Å². The molecule has 0 aromatic carbocycles. The first-order chi connectivity index (χ1) is 16.7. The number of rotatable bonds is 10. The molecule has 4 saturated carbocycles. The molecule has 0 aromatic rings. The summed E-state index contributed by atoms with van der Waals surface area (Å²) in [6.45, 7) is 16.1. The highest BCUT2D eigenvalue weighted by molar-refractivity contribution is 5.75. The molecule has 2 nitrogen and oxygen atoms in total. The van der Waals surface area contributed by atoms with Crippen LogP contribution in [0.2, 0.25) is 0 Å². The number of fused-ring (bicyclic) bond motifs is 5. The van der Waals surface area contributed by atoms with Gasteiger partial charge in [-0.25, -0.2) is 0 Å². The van der Waals surface area contributed by atoms with Gasteiger partial charge < -0.3 is 5.32 Å². The van der Waals surface area contributed by atoms with Crippen molar-refractivity contribution < 1.29 is 4.79 Å². The van der Waals surface area contributed by atoms with Crippen molar-refractivity contribution >= 4 is 5.91 Å². The third-order valence-corrected chi connectivity index (χ3v) is 12.5. The number of nitrogens with one attached hydrogen (secondary N) is 1. The van der Waals surface area contributed by atoms with E-state index in [0.29, 0.717) is 22.7 Å². The maximum absolute atomic E-state index is 12.5. The Labute approximate surface area is 218 Å². The normalized spacial score (nSPS) is 43.7. The van der Waals surface area contributed by atoms with Crippen LogP contribution in [-0.2, 0) is 4.79 Å². The van der Waals surface area contributed by atoms with Crippen molar-refractivity contribution in [1.82, 2.24) is 5.32 Å². The lowest BCUT2D eigenvalue weighted by Crippen LogP contribution is -2.56. The van der Waals surface area contributed by atoms with Gasteiger partial charge in [0.05, 0.1) is 0 Å². The fourth-order valence-corrected chi connectivity index (χ4v) is 10.4. The van der Waals surface area contributed by atoms with Gasteiger partial charge in [0.1, 0.15) is 0 Å². The molecule has 1 amide bonds. The lowest BCUT2D eigenvalue weighted by Gasteiger charge is -2.63. The van der Waals surface area contributed by atoms with Crippen LogP contribution in [0.25, 0.3) is 0 Å². The van der Waals surface area contributed by atoms with E-state index >= 15 is 0 Å². The topological polar surface area (TPSA) is 29.1 Å². The van der Waals surface area contributed by atoms with Crippen molar-refractivity contribution in [2.75, 3.05) is 6.54 Å². The Morgan fingerprint density at radius 3 is 2.40 bits per heavy atom. The number of amides is 1. The fourth-order valence-electron chi connectivity index (χ4n) is 10.4. The predicted molar refractivity (Wildman–Crippen MR) is 149 cm³/mol. The molecule has 4 aliphatic carbocycles. The Bertz CT molecular complexity index is 703. The third-order valence-electron chi connectivity index (χ3n) is 12.5. The van der Waals surface area contributed by atoms with Crippen molar-refractivity contribution in [3.8, 4) is 0 Å². The summed E-state index contributed by atoms with van der Waals surface area (Å²) in [6, 6.07) is 0. The summed E-state index contributed by atoms with van der Waals surface area (Å²) in [5.41, 5.74) is 1.12. The van der Waals surface area contributed by atoms with Crippen LogP contribution in [0.15, 0.2) is 0 Å². The van der Waals surface area contributed by atoms with Crippen LogP contribution >= 0.6 is 0 Å². The van der Waals surface area contributed by atoms with Gasteiger partial charge in [0.15, 0.2) is 0 Å². The van der Waals surface area contributed by atoms with Crippen molar-refractivity contribution in [3.05, 3.63) is 0 Å². The van der Waals surface area contributed by atoms with Crippen LogP contribution in [0.5, 0.6) is 0 Å². The summed E-state index contributed by atoms with van der Waals surface area (Å²) in [5.74, 6) is 7.48. The quantitative estimate of drug-likeness (QED) is 0.307. The smallest absolute Gasteiger partial charge is 0.220 e. The summed E-state index contributed by atoms with van der Waals surface area (Å²) in [5, 5.41) is 3.21. The molecule has 0 saturated heterocycles. The number of unbranched alkanes of at least 4 members (excludes halogenated alkanes) is 4. The average Bonchev–Trinajstić information content (AvgIpc) is 3.18. The van der Waals surface area contributed by atoms with Gasteiger partial charge in [-0.15, -0.1) is 0 Å². The molecule has 4 aliphatic rings. The van der Waals surface area contributed by atoms with Crippen LogP contribution in [-0.4, -0.2) is 12.5 Å². The molecule has 35 heavy (non-hydrogen) atoms. The van der Waals surface area contributed by atoms with E-state index in [1.54, 1.807) is 0 Å². The molecule has 0 aliphatic heterocycles. The van der Waals surface area contributed by atoms with E-state index in [2.05, 4.69) is 46.9 Å². The summed E-state index contributed by atoms with van der Waals surface area (Å²) in [6.07, 6.45) is 19.9. The van der Waals surface area contributed by atoms with Gasteiger partial charge in [0.2, 0.25) is 5.91 Å². The lowest BCUT2D eigenvalue weighted by atomic mass is 9.42. The lowest BCUT2D eigenvalue weighted by molar-refractivity contribution is -0.142. The van der Waals surface area contributed by atoms with Crippen molar-refractivity contribution in [2.45, 2.75) is 138 Å². The number of carbonyl (C=O) groups is 1. The van der Waals surface area contributed by atoms with Gasteiger partial charge in [-0.3, -0.25) is 4.79 Å². The van der Waals surface area contributed by atoms with E-state index in [1.807, 2.05) is 0 Å². The van der Waals surface area contributed by atoms with Gasteiger partial charge in [-0.1, -0.05) is 73.6 Å². The SMILES string of the molecule is CCCCCCCNC(=O)CC[C@@H](C)C1CCC2C3C(CC[C@@]21C)[C@@]1(C)CC[C@@H](C)CC1C[C@@H]3C. The summed E-state index contributed by atoms with van der Waals surface area (Å²) in [4.78, 5) is 12.5. The van der Waals surface area contributed by atoms with E-state index < -0.39 is 0 Å². The van der Waals surface area contributed by atoms with E-state index in [-0.39, 0.29) is 0 Å². The molecule has 2 heteroatoms. The Morgan fingerprint density at radius 2 is 1.63 bits per heavy atom. The number of hydrogen-bond donors (Lipinski definition) is 1. The molecular weight excluding hydrogens is 426 g/mol. The maximum atomic E-state index is 12.5. The first-order valence-corrected chi connectivity index (χ1v) is 16.0. The highest BCUT2D eigenvalue weighted by Crippen LogP contribution is 2.69. The van der Waals surface area contributed by atoms with Crippen molar-refractivity contribution in [2.24, 2.45) is 58.2 Å². The summed E-state index contributed by atoms with van der Waals surface area (Å²) in [7, 11) is 0. The summed E-state index contributed by atoms with van der Waals surface area (Å²) < 4.78 is 0. The fraction of sp³-hybridized carbons (Fsp3) is 0.970. The molecule has 202 valence electrons. The molecule has 0 heterocycles. The molecule has 1 N–H and O–H groups in total. The van der Waals surface area contributed by atoms with Gasteiger partial charge in [-0.05, 0) is 116 Å². The number of hydrogen-bond acceptors (Lipinski definition) is 1. The van der Waals surface area contributed by atoms with Crippen molar-refractivity contribution in [3.63, 3.8) is 0 Å². The highest BCUT2D eigenvalue weighted by atomic mass is 16.1. The average molecular weight is 486 g/mol. The third kappa shape index (κ3) is 5.52. The largest absolute Gasteiger partial charge is 0.356 e. The minimum absolute atomic E-state index is 0.294. The van der Waals surface area contributed by atoms with Gasteiger partial charge in [0.25, 0.3) is 0 Å². The maximum Gasteiger partial charge on any atom is 0.220 e. The summed E-state index contributed by atoms with van der Waals surface area (Å²) >= 11 is 0. The minimum atomic E-state index is 0.294. The Balaban J connectivity index is 1.32. The minimum Gasteiger partial charge on any atom is -0.356 e. The molecule has 4 rings (SSSR count). The molecular formula is C33H59NO. The van der Waals surface area contributed by atoms with Crippen LogP contribution in [0.1, 0.15) is 138 Å². The zero-order valence-corrected chi connectivity index (χ0v) is 24.3. The highest BCUT2D eigenvalue weighted by Gasteiger charge is 2.62. The zero-order valence-electron chi connectivity index (χ0n) is 24.3. The van der Waals surface area contributed by atoms with Crippen LogP contribution < -0.4 is 5.32 Å². The van der Waals surface area contributed by atoms with Gasteiger partial charge in [0, 0.05) is 13.0 Å². The van der Waals surface area contributed by atoms with E-state index in [9.17, 15) is 4.79 Å². The molecule has 0 bridgehead atoms. The Kier molecular flexibility index (Phi) is 9.01. The molecule has 0 spiro atoms. The second-order valence-corrected chi connectivity index (χ2v) is 14.6. The van der Waals surface area contributed by atoms with Gasteiger partial charge in [-0.2, -0.15) is 0 Å². The predicted octanol–water partition coefficient (Wildman–Crippen LogP) is 9.03. The van der Waals surface area contributed by atoms with E-state index in [4.69, 9.17) is 0 Å². The molecule has 0 aromatic heterocycles. The number of carbonyl (C=O) groups excluding carboxylic acids is 1. The first-order valence-electron chi connectivity index (χ1n) is 16.0. The monoisotopic (exact) mass is 485 g/mol. The van der Waals surface area contributed by atoms with Crippen LogP contribution in [0, 0.1) is 58.2 Å². The van der Waals surface area contributed by atoms with Crippen LogP contribution in [0.3, 0.4) is 0 Å². The van der Waals surface area contributed by atoms with Crippen LogP contribution in [0.4, 0.5) is 0 Å². The molecule has 5 unspecified atom stereocenters. The standard InChI is InChI=1S/C33H59NO/c1-7-8-9-10-11-20-34-30(35)15-12-24(3)27-13-14-28-31-25(4)22-26-21-23(2)16-18-32(26,5)29(31)17-19-33(27,28)6/h23-29,31H,7-22H2,1-6H3,(H,34,35)/t23-,24-,25+,26?,27?,28?,29?,31?,32+,33-/m1/s1. The molecule has 0 radical (unpaired) electrons.